The van der Waals surface area contributed by atoms with Crippen molar-refractivity contribution in [1.82, 2.24) is 19.7 Å². The molecule has 1 aromatic heterocycles. The highest BCUT2D eigenvalue weighted by atomic mass is 16.2. The fourth-order valence-electron chi connectivity index (χ4n) is 4.07. The Bertz CT molecular complexity index is 858. The number of aryl methyl sites for hydroxylation is 1. The van der Waals surface area contributed by atoms with E-state index >= 15 is 0 Å². The number of fused-ring (bicyclic) bond motifs is 1. The summed E-state index contributed by atoms with van der Waals surface area (Å²) in [6, 6.07) is 7.80. The van der Waals surface area contributed by atoms with Crippen molar-refractivity contribution in [3.8, 4) is 11.4 Å². The lowest BCUT2D eigenvalue weighted by molar-refractivity contribution is -0.130. The van der Waals surface area contributed by atoms with E-state index < -0.39 is 0 Å². The number of anilines is 1. The molecule has 4 rings (SSSR count). The molecule has 1 aromatic carbocycles. The van der Waals surface area contributed by atoms with Gasteiger partial charge in [-0.1, -0.05) is 13.3 Å². The summed E-state index contributed by atoms with van der Waals surface area (Å²) in [7, 11) is 0. The Balaban J connectivity index is 1.41. The largest absolute Gasteiger partial charge is 0.342 e. The van der Waals surface area contributed by atoms with E-state index in [9.17, 15) is 9.59 Å². The molecule has 2 aromatic rings. The second-order valence-electron chi connectivity index (χ2n) is 7.65. The van der Waals surface area contributed by atoms with Gasteiger partial charge in [-0.2, -0.15) is 0 Å². The first-order valence-corrected chi connectivity index (χ1v) is 10.3. The number of carbonyl (C=O) groups is 2. The molecule has 0 bridgehead atoms. The van der Waals surface area contributed by atoms with Crippen LogP contribution in [0.1, 0.15) is 44.9 Å². The van der Waals surface area contributed by atoms with Gasteiger partial charge in [0.2, 0.25) is 11.8 Å². The first kappa shape index (κ1) is 18.7. The summed E-state index contributed by atoms with van der Waals surface area (Å²) in [5.74, 6) is 1.93. The molecule has 0 radical (unpaired) electrons. The van der Waals surface area contributed by atoms with Crippen LogP contribution in [-0.2, 0) is 22.6 Å². The lowest BCUT2D eigenvalue weighted by atomic mass is 10.1. The maximum atomic E-state index is 12.5. The van der Waals surface area contributed by atoms with Crippen molar-refractivity contribution in [2.75, 3.05) is 18.4 Å². The molecule has 1 atom stereocenters. The number of carbonyl (C=O) groups excluding carboxylic acids is 2. The number of aromatic nitrogens is 3. The van der Waals surface area contributed by atoms with Gasteiger partial charge in [0, 0.05) is 43.7 Å². The van der Waals surface area contributed by atoms with E-state index in [1.165, 1.54) is 12.8 Å². The average Bonchev–Trinajstić information content (AvgIpc) is 3.30. The highest BCUT2D eigenvalue weighted by molar-refractivity contribution is 5.93. The molecule has 0 spiro atoms. The Morgan fingerprint density at radius 2 is 1.93 bits per heavy atom. The van der Waals surface area contributed by atoms with E-state index in [4.69, 9.17) is 0 Å². The number of likely N-dealkylation sites (tertiary alicyclic amines) is 1. The number of nitrogens with zero attached hydrogens (tertiary/aromatic N) is 4. The van der Waals surface area contributed by atoms with Crippen LogP contribution in [0, 0.1) is 5.92 Å². The minimum Gasteiger partial charge on any atom is -0.342 e. The van der Waals surface area contributed by atoms with Crippen LogP contribution in [0.2, 0.25) is 0 Å². The van der Waals surface area contributed by atoms with Crippen molar-refractivity contribution in [2.45, 2.75) is 52.0 Å². The molecule has 2 aliphatic rings. The molecule has 0 saturated carbocycles. The quantitative estimate of drug-likeness (QED) is 0.883. The number of nitrogens with one attached hydrogen (secondary N) is 1. The van der Waals surface area contributed by atoms with Gasteiger partial charge in [-0.05, 0) is 43.5 Å². The summed E-state index contributed by atoms with van der Waals surface area (Å²) in [6.07, 6.45) is 5.76. The fraction of sp³-hybridized carbons (Fsp3) is 0.524. The first-order valence-electron chi connectivity index (χ1n) is 10.3. The summed E-state index contributed by atoms with van der Waals surface area (Å²) in [4.78, 5) is 26.1. The van der Waals surface area contributed by atoms with Gasteiger partial charge >= 0.3 is 0 Å². The molecule has 2 amide bonds. The molecule has 2 aliphatic heterocycles. The van der Waals surface area contributed by atoms with Crippen LogP contribution in [0.5, 0.6) is 0 Å². The summed E-state index contributed by atoms with van der Waals surface area (Å²) in [5.41, 5.74) is 1.78. The second-order valence-corrected chi connectivity index (χ2v) is 7.65. The van der Waals surface area contributed by atoms with Crippen LogP contribution in [0.15, 0.2) is 24.3 Å². The Hall–Kier alpha value is -2.70. The third-order valence-corrected chi connectivity index (χ3v) is 5.73. The van der Waals surface area contributed by atoms with Crippen LogP contribution in [0.25, 0.3) is 11.4 Å². The lowest BCUT2D eigenvalue weighted by Gasteiger charge is -2.15. The van der Waals surface area contributed by atoms with Gasteiger partial charge in [-0.25, -0.2) is 0 Å². The number of benzene rings is 1. The lowest BCUT2D eigenvalue weighted by Crippen LogP contribution is -2.30. The summed E-state index contributed by atoms with van der Waals surface area (Å²) in [6.45, 7) is 4.00. The molecule has 148 valence electrons. The minimum absolute atomic E-state index is 0.0181. The molecule has 28 heavy (non-hydrogen) atoms. The van der Waals surface area contributed by atoms with E-state index in [1.54, 1.807) is 4.90 Å². The van der Waals surface area contributed by atoms with Crippen molar-refractivity contribution < 1.29 is 9.59 Å². The Morgan fingerprint density at radius 1 is 1.11 bits per heavy atom. The summed E-state index contributed by atoms with van der Waals surface area (Å²) in [5, 5.41) is 11.7. The molecular weight excluding hydrogens is 354 g/mol. The summed E-state index contributed by atoms with van der Waals surface area (Å²) >= 11 is 0. The third kappa shape index (κ3) is 3.79. The average molecular weight is 381 g/mol. The normalized spacial score (nSPS) is 19.2. The first-order chi connectivity index (χ1) is 13.7. The molecule has 7 nitrogen and oxygen atoms in total. The fourth-order valence-corrected chi connectivity index (χ4v) is 4.07. The highest BCUT2D eigenvalue weighted by Gasteiger charge is 2.30. The molecule has 1 N–H and O–H groups in total. The Kier molecular flexibility index (Phi) is 5.41. The third-order valence-electron chi connectivity index (χ3n) is 5.73. The molecule has 3 heterocycles. The van der Waals surface area contributed by atoms with E-state index in [1.807, 2.05) is 31.2 Å². The topological polar surface area (TPSA) is 80.1 Å². The minimum atomic E-state index is -0.137. The zero-order chi connectivity index (χ0) is 19.5. The smallest absolute Gasteiger partial charge is 0.229 e. The van der Waals surface area contributed by atoms with Crippen LogP contribution in [-0.4, -0.2) is 44.6 Å². The predicted molar refractivity (Wildman–Crippen MR) is 107 cm³/mol. The zero-order valence-electron chi connectivity index (χ0n) is 16.4. The van der Waals surface area contributed by atoms with Gasteiger partial charge in [0.1, 0.15) is 5.82 Å². The standard InChI is InChI=1S/C21H27N5O2/c1-2-19(27)25-13-11-16(14-25)21(28)22-17-9-7-15(8-10-17)20-24-23-18-6-4-3-5-12-26(18)20/h7-10,16H,2-6,11-14H2,1H3,(H,22,28). The van der Waals surface area contributed by atoms with Gasteiger partial charge in [0.25, 0.3) is 0 Å². The number of amides is 2. The van der Waals surface area contributed by atoms with Gasteiger partial charge in [-0.15, -0.1) is 10.2 Å². The van der Waals surface area contributed by atoms with E-state index in [0.717, 1.165) is 48.7 Å². The van der Waals surface area contributed by atoms with Crippen LogP contribution in [0.3, 0.4) is 0 Å². The predicted octanol–water partition coefficient (Wildman–Crippen LogP) is 2.87. The van der Waals surface area contributed by atoms with Crippen molar-refractivity contribution in [3.63, 3.8) is 0 Å². The van der Waals surface area contributed by atoms with Gasteiger partial charge in [0.05, 0.1) is 5.92 Å². The molecule has 1 unspecified atom stereocenters. The number of hydrogen-bond donors (Lipinski definition) is 1. The van der Waals surface area contributed by atoms with Gasteiger partial charge in [-0.3, -0.25) is 9.59 Å². The number of rotatable bonds is 4. The van der Waals surface area contributed by atoms with Crippen molar-refractivity contribution in [1.29, 1.82) is 0 Å². The van der Waals surface area contributed by atoms with Crippen molar-refractivity contribution >= 4 is 17.5 Å². The van der Waals surface area contributed by atoms with Crippen LogP contribution >= 0.6 is 0 Å². The van der Waals surface area contributed by atoms with Crippen molar-refractivity contribution in [3.05, 3.63) is 30.1 Å². The molecule has 1 fully saturated rings. The van der Waals surface area contributed by atoms with Gasteiger partial charge in [0.15, 0.2) is 5.82 Å². The van der Waals surface area contributed by atoms with E-state index in [-0.39, 0.29) is 17.7 Å². The van der Waals surface area contributed by atoms with Crippen LogP contribution < -0.4 is 5.32 Å². The molecule has 0 aliphatic carbocycles. The molecule has 1 saturated heterocycles. The van der Waals surface area contributed by atoms with E-state index in [2.05, 4.69) is 20.1 Å². The Labute approximate surface area is 165 Å². The van der Waals surface area contributed by atoms with Crippen molar-refractivity contribution in [2.24, 2.45) is 5.92 Å². The van der Waals surface area contributed by atoms with Crippen LogP contribution in [0.4, 0.5) is 5.69 Å². The Morgan fingerprint density at radius 3 is 2.71 bits per heavy atom. The maximum Gasteiger partial charge on any atom is 0.229 e. The highest BCUT2D eigenvalue weighted by Crippen LogP contribution is 2.25. The maximum absolute atomic E-state index is 12.5. The SMILES string of the molecule is CCC(=O)N1CCC(C(=O)Nc2ccc(-c3nnc4n3CCCCC4)cc2)C1. The zero-order valence-corrected chi connectivity index (χ0v) is 16.4. The molecular formula is C21H27N5O2. The summed E-state index contributed by atoms with van der Waals surface area (Å²) < 4.78 is 2.22. The molecule has 7 heteroatoms. The number of hydrogen-bond acceptors (Lipinski definition) is 4. The van der Waals surface area contributed by atoms with E-state index in [0.29, 0.717) is 19.5 Å². The second kappa shape index (κ2) is 8.12. The van der Waals surface area contributed by atoms with Gasteiger partial charge < -0.3 is 14.8 Å². The monoisotopic (exact) mass is 381 g/mol.